The van der Waals surface area contributed by atoms with Crippen molar-refractivity contribution in [3.8, 4) is 24.7 Å². The second-order valence-electron chi connectivity index (χ2n) is 8.57. The lowest BCUT2D eigenvalue weighted by Gasteiger charge is -2.77. The Morgan fingerprint density at radius 1 is 0.850 bits per heavy atom. The van der Waals surface area contributed by atoms with Gasteiger partial charge in [-0.3, -0.25) is 0 Å². The van der Waals surface area contributed by atoms with Crippen molar-refractivity contribution in [2.75, 3.05) is 0 Å². The summed E-state index contributed by atoms with van der Waals surface area (Å²) in [6, 6.07) is 0. The van der Waals surface area contributed by atoms with Crippen molar-refractivity contribution >= 4 is 0 Å². The highest BCUT2D eigenvalue weighted by Crippen LogP contribution is 2.80. The molecule has 0 aromatic carbocycles. The maximum absolute atomic E-state index is 5.99. The fourth-order valence-electron chi connectivity index (χ4n) is 7.80. The quantitative estimate of drug-likeness (QED) is 0.497. The molecule has 0 heterocycles. The number of terminal acetylenes is 2. The van der Waals surface area contributed by atoms with Crippen LogP contribution in [0.1, 0.15) is 38.5 Å². The fourth-order valence-corrected chi connectivity index (χ4v) is 7.80. The summed E-state index contributed by atoms with van der Waals surface area (Å²) < 4.78 is 0. The first-order chi connectivity index (χ1) is 9.61. The van der Waals surface area contributed by atoms with Crippen molar-refractivity contribution in [2.24, 2.45) is 45.8 Å². The van der Waals surface area contributed by atoms with Crippen LogP contribution < -0.4 is 0 Å². The smallest absolute Gasteiger partial charge is 0.0326 e. The summed E-state index contributed by atoms with van der Waals surface area (Å²) in [5.41, 5.74) is 0.753. The van der Waals surface area contributed by atoms with E-state index in [-0.39, 0.29) is 10.8 Å². The van der Waals surface area contributed by atoms with Gasteiger partial charge >= 0.3 is 0 Å². The van der Waals surface area contributed by atoms with E-state index in [1.165, 1.54) is 38.5 Å². The Morgan fingerprint density at radius 2 is 1.40 bits per heavy atom. The van der Waals surface area contributed by atoms with Gasteiger partial charge in [0.15, 0.2) is 0 Å². The van der Waals surface area contributed by atoms with E-state index in [2.05, 4.69) is 24.5 Å². The Morgan fingerprint density at radius 3 is 1.90 bits per heavy atom. The predicted molar refractivity (Wildman–Crippen MR) is 80.3 cm³/mol. The van der Waals surface area contributed by atoms with Gasteiger partial charge in [-0.15, -0.1) is 19.4 Å². The third kappa shape index (κ3) is 0.949. The summed E-state index contributed by atoms with van der Waals surface area (Å²) in [4.78, 5) is 0. The molecule has 0 aliphatic heterocycles. The summed E-state index contributed by atoms with van der Waals surface area (Å²) in [6.07, 6.45) is 21.8. The molecule has 7 aliphatic rings. The van der Waals surface area contributed by atoms with Gasteiger partial charge in [-0.2, -0.15) is 0 Å². The van der Waals surface area contributed by atoms with Crippen molar-refractivity contribution < 1.29 is 0 Å². The molecule has 0 amide bonds. The highest BCUT2D eigenvalue weighted by molar-refractivity contribution is 5.33. The molecule has 0 N–H and O–H groups in total. The molecule has 8 bridgehead atoms. The van der Waals surface area contributed by atoms with Crippen molar-refractivity contribution in [1.82, 2.24) is 0 Å². The molecule has 0 aromatic heterocycles. The molecular formula is C20H22. The molecule has 20 heavy (non-hydrogen) atoms. The van der Waals surface area contributed by atoms with Crippen LogP contribution in [0.25, 0.3) is 0 Å². The molecule has 0 radical (unpaired) electrons. The Labute approximate surface area is 122 Å². The van der Waals surface area contributed by atoms with E-state index in [1.807, 2.05) is 0 Å². The van der Waals surface area contributed by atoms with Gasteiger partial charge in [-0.25, -0.2) is 0 Å². The monoisotopic (exact) mass is 262 g/mol. The van der Waals surface area contributed by atoms with E-state index in [1.54, 1.807) is 0 Å². The maximum atomic E-state index is 5.99. The van der Waals surface area contributed by atoms with Crippen LogP contribution in [0.5, 0.6) is 0 Å². The number of rotatable bonds is 1. The lowest BCUT2D eigenvalue weighted by molar-refractivity contribution is -0.264. The topological polar surface area (TPSA) is 0 Å². The molecule has 0 spiro atoms. The molecule has 0 saturated heterocycles. The van der Waals surface area contributed by atoms with E-state index in [9.17, 15) is 0 Å². The van der Waals surface area contributed by atoms with Gasteiger partial charge in [0, 0.05) is 10.8 Å². The van der Waals surface area contributed by atoms with Crippen molar-refractivity contribution in [3.05, 3.63) is 12.7 Å². The molecule has 4 atom stereocenters. The van der Waals surface area contributed by atoms with Crippen LogP contribution in [-0.2, 0) is 0 Å². The number of hydrogen-bond donors (Lipinski definition) is 0. The molecule has 0 nitrogen and oxygen atoms in total. The molecular weight excluding hydrogens is 240 g/mol. The fraction of sp³-hybridized carbons (Fsp3) is 0.700. The third-order valence-electron chi connectivity index (χ3n) is 8.25. The van der Waals surface area contributed by atoms with E-state index in [0.29, 0.717) is 5.41 Å². The molecule has 7 saturated carbocycles. The third-order valence-corrected chi connectivity index (χ3v) is 8.25. The van der Waals surface area contributed by atoms with Gasteiger partial charge in [0.05, 0.1) is 0 Å². The number of hydrogen-bond acceptors (Lipinski definition) is 0. The minimum absolute atomic E-state index is 0.195. The number of allylic oxidation sites excluding steroid dienone is 1. The molecule has 4 unspecified atom stereocenters. The molecule has 102 valence electrons. The normalized spacial score (nSPS) is 64.0. The summed E-state index contributed by atoms with van der Waals surface area (Å²) in [5, 5.41) is 0. The first-order valence-electron chi connectivity index (χ1n) is 8.20. The lowest BCUT2D eigenvalue weighted by atomic mass is 9.26. The predicted octanol–water partition coefficient (Wildman–Crippen LogP) is 3.89. The van der Waals surface area contributed by atoms with Gasteiger partial charge in [-0.05, 0) is 73.5 Å². The zero-order valence-electron chi connectivity index (χ0n) is 12.1. The maximum Gasteiger partial charge on any atom is 0.0326 e. The van der Waals surface area contributed by atoms with Gasteiger partial charge < -0.3 is 0 Å². The zero-order chi connectivity index (χ0) is 13.8. The Kier molecular flexibility index (Phi) is 1.75. The van der Waals surface area contributed by atoms with Crippen molar-refractivity contribution in [2.45, 2.75) is 38.5 Å². The highest BCUT2D eigenvalue weighted by Gasteiger charge is 2.74. The minimum Gasteiger partial charge on any atom is -0.120 e. The SMILES string of the molecule is C#CC12CC3C4CC5(C#C)CC3C(C1)C(C=C)(C5)C4C2. The van der Waals surface area contributed by atoms with Crippen LogP contribution in [0.2, 0.25) is 0 Å². The Hall–Kier alpha value is -1.14. The molecule has 0 aromatic rings. The first kappa shape index (κ1) is 11.5. The highest BCUT2D eigenvalue weighted by atomic mass is 14.8. The van der Waals surface area contributed by atoms with Gasteiger partial charge in [0.25, 0.3) is 0 Å². The summed E-state index contributed by atoms with van der Waals surface area (Å²) in [7, 11) is 0. The average Bonchev–Trinajstić information content (AvgIpc) is 2.51. The summed E-state index contributed by atoms with van der Waals surface area (Å²) in [6.45, 7) is 4.27. The van der Waals surface area contributed by atoms with E-state index >= 15 is 0 Å². The Balaban J connectivity index is 1.73. The molecule has 7 aliphatic carbocycles. The van der Waals surface area contributed by atoms with E-state index in [0.717, 1.165) is 29.6 Å². The second kappa shape index (κ2) is 3.04. The van der Waals surface area contributed by atoms with E-state index in [4.69, 9.17) is 12.8 Å². The van der Waals surface area contributed by atoms with Crippen LogP contribution >= 0.6 is 0 Å². The largest absolute Gasteiger partial charge is 0.120 e. The molecule has 7 rings (SSSR count). The van der Waals surface area contributed by atoms with Crippen LogP contribution in [-0.4, -0.2) is 0 Å². The standard InChI is InChI=1S/C20H22/c1-4-18-7-13-14-8-19(5-2)9-15(13)17(11-18)20(6-3,12-19)16(14)10-18/h1-2,6,13-17H,3,7-12H2. The minimum atomic E-state index is 0.195. The molecule has 0 heteroatoms. The van der Waals surface area contributed by atoms with E-state index < -0.39 is 0 Å². The van der Waals surface area contributed by atoms with Crippen LogP contribution in [0.3, 0.4) is 0 Å². The zero-order valence-corrected chi connectivity index (χ0v) is 12.1. The summed E-state index contributed by atoms with van der Waals surface area (Å²) >= 11 is 0. The Bertz CT molecular complexity index is 571. The van der Waals surface area contributed by atoms with Gasteiger partial charge in [-0.1, -0.05) is 17.9 Å². The average molecular weight is 262 g/mol. The first-order valence-corrected chi connectivity index (χ1v) is 8.20. The second-order valence-corrected chi connectivity index (χ2v) is 8.57. The van der Waals surface area contributed by atoms with Crippen molar-refractivity contribution in [1.29, 1.82) is 0 Å². The van der Waals surface area contributed by atoms with Crippen molar-refractivity contribution in [3.63, 3.8) is 0 Å². The van der Waals surface area contributed by atoms with Crippen LogP contribution in [0, 0.1) is 70.5 Å². The van der Waals surface area contributed by atoms with Gasteiger partial charge in [0.1, 0.15) is 0 Å². The van der Waals surface area contributed by atoms with Crippen LogP contribution in [0.15, 0.2) is 12.7 Å². The van der Waals surface area contributed by atoms with Gasteiger partial charge in [0.2, 0.25) is 0 Å². The van der Waals surface area contributed by atoms with Crippen LogP contribution in [0.4, 0.5) is 0 Å². The summed E-state index contributed by atoms with van der Waals surface area (Å²) in [5.74, 6) is 10.6. The molecule has 7 fully saturated rings. The lowest BCUT2D eigenvalue weighted by Crippen LogP contribution is -2.71.